The normalized spacial score (nSPS) is 24.9. The van der Waals surface area contributed by atoms with Crippen molar-refractivity contribution in [1.82, 2.24) is 10.2 Å². The average Bonchev–Trinajstić information content (AvgIpc) is 2.65. The number of nitrogens with zero attached hydrogens (tertiary/aromatic N) is 1. The van der Waals surface area contributed by atoms with Crippen LogP contribution in [0, 0.1) is 5.82 Å². The molecule has 1 saturated carbocycles. The molecule has 6 heteroatoms. The van der Waals surface area contributed by atoms with Gasteiger partial charge in [0.05, 0.1) is 6.04 Å². The third-order valence-corrected chi connectivity index (χ3v) is 5.30. The summed E-state index contributed by atoms with van der Waals surface area (Å²) in [6.07, 6.45) is 6.02. The maximum absolute atomic E-state index is 13.5. The number of benzene rings is 1. The molecule has 3 rings (SSSR count). The van der Waals surface area contributed by atoms with Gasteiger partial charge in [0.1, 0.15) is 18.5 Å². The molecule has 1 aromatic rings. The highest BCUT2D eigenvalue weighted by atomic mass is 19.1. The number of amides is 2. The van der Waals surface area contributed by atoms with Gasteiger partial charge in [-0.05, 0) is 56.4 Å². The molecule has 0 bridgehead atoms. The van der Waals surface area contributed by atoms with Crippen LogP contribution in [0.5, 0.6) is 0 Å². The van der Waals surface area contributed by atoms with E-state index in [0.717, 1.165) is 32.1 Å². The van der Waals surface area contributed by atoms with Crippen LogP contribution in [0.25, 0.3) is 6.08 Å². The summed E-state index contributed by atoms with van der Waals surface area (Å²) in [7, 11) is 0. The molecule has 146 valence electrons. The third-order valence-electron chi connectivity index (χ3n) is 5.30. The smallest absolute Gasteiger partial charge is 0.289 e. The van der Waals surface area contributed by atoms with E-state index in [0.29, 0.717) is 5.56 Å². The van der Waals surface area contributed by atoms with E-state index in [2.05, 4.69) is 5.32 Å². The lowest BCUT2D eigenvalue weighted by atomic mass is 9.89. The number of carbonyl (C=O) groups excluding carboxylic acids is 2. The van der Waals surface area contributed by atoms with Gasteiger partial charge in [-0.2, -0.15) is 0 Å². The quantitative estimate of drug-likeness (QED) is 0.805. The fraction of sp³-hybridized carbons (Fsp3) is 0.524. The molecule has 1 N–H and O–H groups in total. The summed E-state index contributed by atoms with van der Waals surface area (Å²) in [5, 5.41) is 2.92. The lowest BCUT2D eigenvalue weighted by Gasteiger charge is -2.44. The van der Waals surface area contributed by atoms with E-state index in [1.54, 1.807) is 23.1 Å². The molecule has 1 heterocycles. The molecule has 1 aliphatic heterocycles. The number of carbonyl (C=O) groups is 2. The van der Waals surface area contributed by atoms with Crippen LogP contribution >= 0.6 is 0 Å². The van der Waals surface area contributed by atoms with E-state index >= 15 is 0 Å². The number of halogens is 1. The lowest BCUT2D eigenvalue weighted by molar-refractivity contribution is -0.152. The highest BCUT2D eigenvalue weighted by Gasteiger charge is 2.42. The van der Waals surface area contributed by atoms with E-state index in [-0.39, 0.29) is 48.1 Å². The monoisotopic (exact) mass is 374 g/mol. The van der Waals surface area contributed by atoms with Gasteiger partial charge >= 0.3 is 0 Å². The fourth-order valence-corrected chi connectivity index (χ4v) is 3.69. The van der Waals surface area contributed by atoms with Crippen LogP contribution in [-0.2, 0) is 14.3 Å². The second-order valence-corrected chi connectivity index (χ2v) is 7.38. The van der Waals surface area contributed by atoms with Gasteiger partial charge in [-0.1, -0.05) is 25.5 Å². The molecule has 3 atom stereocenters. The minimum atomic E-state index is -0.368. The van der Waals surface area contributed by atoms with E-state index in [4.69, 9.17) is 4.74 Å². The van der Waals surface area contributed by atoms with E-state index in [9.17, 15) is 14.0 Å². The second kappa shape index (κ2) is 8.55. The van der Waals surface area contributed by atoms with Crippen LogP contribution in [0.4, 0.5) is 4.39 Å². The number of rotatable bonds is 5. The van der Waals surface area contributed by atoms with Crippen molar-refractivity contribution in [2.24, 2.45) is 0 Å². The first kappa shape index (κ1) is 19.4. The van der Waals surface area contributed by atoms with Crippen molar-refractivity contribution in [3.05, 3.63) is 41.4 Å². The number of hydrogen-bond acceptors (Lipinski definition) is 3. The molecule has 1 aromatic carbocycles. The predicted molar refractivity (Wildman–Crippen MR) is 101 cm³/mol. The van der Waals surface area contributed by atoms with E-state index in [1.165, 1.54) is 12.1 Å². The van der Waals surface area contributed by atoms with Crippen molar-refractivity contribution in [3.8, 4) is 0 Å². The van der Waals surface area contributed by atoms with Crippen LogP contribution in [0.15, 0.2) is 30.0 Å². The Kier molecular flexibility index (Phi) is 6.14. The van der Waals surface area contributed by atoms with Gasteiger partial charge < -0.3 is 15.0 Å². The highest BCUT2D eigenvalue weighted by molar-refractivity contribution is 5.98. The molecular formula is C21H27FN2O3. The molecule has 2 amide bonds. The van der Waals surface area contributed by atoms with Gasteiger partial charge in [-0.15, -0.1) is 0 Å². The zero-order valence-electron chi connectivity index (χ0n) is 15.9. The minimum Gasteiger partial charge on any atom is -0.482 e. The molecule has 1 saturated heterocycles. The zero-order chi connectivity index (χ0) is 19.4. The van der Waals surface area contributed by atoms with Crippen LogP contribution < -0.4 is 5.32 Å². The first-order valence-corrected chi connectivity index (χ1v) is 9.72. The van der Waals surface area contributed by atoms with Gasteiger partial charge in [0.2, 0.25) is 5.91 Å². The van der Waals surface area contributed by atoms with Crippen molar-refractivity contribution < 1.29 is 18.7 Å². The van der Waals surface area contributed by atoms with Crippen molar-refractivity contribution in [2.75, 3.05) is 6.54 Å². The maximum Gasteiger partial charge on any atom is 0.289 e. The van der Waals surface area contributed by atoms with Crippen molar-refractivity contribution in [1.29, 1.82) is 0 Å². The average molecular weight is 374 g/mol. The molecule has 0 aromatic heterocycles. The number of morpholine rings is 1. The van der Waals surface area contributed by atoms with Gasteiger partial charge in [0.15, 0.2) is 5.76 Å². The SMILES string of the molecule is CCC(C)NC(=O)CN1C(=O)/C(=C\c2cccc(F)c2)OC2CCCCC21. The van der Waals surface area contributed by atoms with Gasteiger partial charge in [0.25, 0.3) is 5.91 Å². The minimum absolute atomic E-state index is 0.0220. The Morgan fingerprint density at radius 1 is 1.41 bits per heavy atom. The Labute approximate surface area is 159 Å². The van der Waals surface area contributed by atoms with Crippen LogP contribution in [0.1, 0.15) is 51.5 Å². The zero-order valence-corrected chi connectivity index (χ0v) is 15.9. The largest absolute Gasteiger partial charge is 0.482 e. The summed E-state index contributed by atoms with van der Waals surface area (Å²) in [5.74, 6) is -0.649. The predicted octanol–water partition coefficient (Wildman–Crippen LogP) is 3.25. The van der Waals surface area contributed by atoms with Crippen molar-refractivity contribution in [3.63, 3.8) is 0 Å². The summed E-state index contributed by atoms with van der Waals surface area (Å²) in [6.45, 7) is 3.97. The Bertz CT molecular complexity index is 734. The summed E-state index contributed by atoms with van der Waals surface area (Å²) in [6, 6.07) is 6.01. The molecule has 2 aliphatic rings. The highest BCUT2D eigenvalue weighted by Crippen LogP contribution is 2.33. The standard InChI is InChI=1S/C21H27FN2O3/c1-3-14(2)23-20(25)13-24-17-9-4-5-10-18(17)27-19(21(24)26)12-15-7-6-8-16(22)11-15/h6-8,11-12,14,17-18H,3-5,9-10,13H2,1-2H3,(H,23,25)/b19-12+. The summed E-state index contributed by atoms with van der Waals surface area (Å²) in [5.41, 5.74) is 0.566. The van der Waals surface area contributed by atoms with Crippen LogP contribution in [0.2, 0.25) is 0 Å². The number of hydrogen-bond donors (Lipinski definition) is 1. The topological polar surface area (TPSA) is 58.6 Å². The van der Waals surface area contributed by atoms with Gasteiger partial charge in [0, 0.05) is 6.04 Å². The molecule has 1 aliphatic carbocycles. The van der Waals surface area contributed by atoms with Gasteiger partial charge in [-0.3, -0.25) is 9.59 Å². The third kappa shape index (κ3) is 4.67. The van der Waals surface area contributed by atoms with E-state index in [1.807, 2.05) is 13.8 Å². The van der Waals surface area contributed by atoms with Gasteiger partial charge in [-0.25, -0.2) is 4.39 Å². The number of fused-ring (bicyclic) bond motifs is 1. The Morgan fingerprint density at radius 2 is 2.19 bits per heavy atom. The van der Waals surface area contributed by atoms with Crippen LogP contribution in [0.3, 0.4) is 0 Å². The molecule has 27 heavy (non-hydrogen) atoms. The Balaban J connectivity index is 1.83. The second-order valence-electron chi connectivity index (χ2n) is 7.38. The summed E-state index contributed by atoms with van der Waals surface area (Å²) in [4.78, 5) is 27.0. The molecule has 0 radical (unpaired) electrons. The first-order chi connectivity index (χ1) is 13.0. The fourth-order valence-electron chi connectivity index (χ4n) is 3.69. The number of ether oxygens (including phenoxy) is 1. The summed E-state index contributed by atoms with van der Waals surface area (Å²) < 4.78 is 19.4. The van der Waals surface area contributed by atoms with Crippen LogP contribution in [-0.4, -0.2) is 41.4 Å². The van der Waals surface area contributed by atoms with Crippen molar-refractivity contribution in [2.45, 2.75) is 64.1 Å². The van der Waals surface area contributed by atoms with E-state index < -0.39 is 0 Å². The maximum atomic E-state index is 13.5. The lowest BCUT2D eigenvalue weighted by Crippen LogP contribution is -2.57. The molecule has 3 unspecified atom stereocenters. The van der Waals surface area contributed by atoms with Crippen molar-refractivity contribution >= 4 is 17.9 Å². The molecule has 2 fully saturated rings. The summed E-state index contributed by atoms with van der Waals surface area (Å²) >= 11 is 0. The first-order valence-electron chi connectivity index (χ1n) is 9.72. The molecular weight excluding hydrogens is 347 g/mol. The molecule has 5 nitrogen and oxygen atoms in total. The Morgan fingerprint density at radius 3 is 2.93 bits per heavy atom. The number of nitrogens with one attached hydrogen (secondary N) is 1. The molecule has 0 spiro atoms. The Hall–Kier alpha value is -2.37.